The van der Waals surface area contributed by atoms with Crippen LogP contribution >= 0.6 is 35.4 Å². The molecule has 5 rings (SSSR count). The van der Waals surface area contributed by atoms with Gasteiger partial charge in [0.05, 0.1) is 23.2 Å². The minimum Gasteiger partial charge on any atom is -0.434 e. The van der Waals surface area contributed by atoms with Crippen molar-refractivity contribution in [1.82, 2.24) is 10.3 Å². The first-order valence-corrected chi connectivity index (χ1v) is 13.0. The number of amides is 1. The van der Waals surface area contributed by atoms with E-state index in [4.69, 9.17) is 44.6 Å². The number of nitrogens with zero attached hydrogens (tertiary/aromatic N) is 3. The molecule has 2 N–H and O–H groups in total. The minimum atomic E-state index is -0.580. The van der Waals surface area contributed by atoms with Crippen molar-refractivity contribution in [2.24, 2.45) is 0 Å². The number of morpholine rings is 1. The van der Waals surface area contributed by atoms with Gasteiger partial charge in [-0.15, -0.1) is 0 Å². The van der Waals surface area contributed by atoms with E-state index >= 15 is 0 Å². The Bertz CT molecular complexity index is 1620. The largest absolute Gasteiger partial charge is 0.434 e. The van der Waals surface area contributed by atoms with Crippen LogP contribution in [0, 0.1) is 17.0 Å². The van der Waals surface area contributed by atoms with Gasteiger partial charge in [-0.2, -0.15) is 0 Å². The van der Waals surface area contributed by atoms with E-state index in [2.05, 4.69) is 15.6 Å². The zero-order chi connectivity index (χ0) is 27.7. The van der Waals surface area contributed by atoms with Crippen molar-refractivity contribution >= 4 is 74.6 Å². The number of nitro groups is 1. The van der Waals surface area contributed by atoms with E-state index in [9.17, 15) is 14.9 Å². The number of fused-ring (bicyclic) bond motifs is 1. The molecule has 0 bridgehead atoms. The van der Waals surface area contributed by atoms with E-state index in [-0.39, 0.29) is 16.4 Å². The fourth-order valence-electron chi connectivity index (χ4n) is 4.29. The lowest BCUT2D eigenvalue weighted by atomic mass is 10.1. The fraction of sp³-hybridized carbons (Fsp3) is 0.192. The fourth-order valence-corrected chi connectivity index (χ4v) is 5.01. The van der Waals surface area contributed by atoms with Crippen LogP contribution in [0.4, 0.5) is 17.1 Å². The second-order valence-corrected chi connectivity index (χ2v) is 9.95. The predicted molar refractivity (Wildman–Crippen MR) is 154 cm³/mol. The molecule has 1 fully saturated rings. The Morgan fingerprint density at radius 1 is 1.15 bits per heavy atom. The van der Waals surface area contributed by atoms with Gasteiger partial charge in [0.15, 0.2) is 10.7 Å². The molecule has 1 saturated heterocycles. The van der Waals surface area contributed by atoms with Gasteiger partial charge in [0, 0.05) is 41.0 Å². The number of anilines is 2. The highest BCUT2D eigenvalue weighted by molar-refractivity contribution is 7.80. The van der Waals surface area contributed by atoms with E-state index in [0.717, 1.165) is 5.56 Å². The molecule has 1 amide bonds. The molecule has 1 aliphatic heterocycles. The predicted octanol–water partition coefficient (Wildman–Crippen LogP) is 5.98. The lowest BCUT2D eigenvalue weighted by Gasteiger charge is -2.28. The summed E-state index contributed by atoms with van der Waals surface area (Å²) in [4.78, 5) is 30.5. The molecule has 10 nitrogen and oxygen atoms in total. The van der Waals surface area contributed by atoms with Crippen LogP contribution in [-0.2, 0) is 4.74 Å². The third-order valence-electron chi connectivity index (χ3n) is 6.24. The van der Waals surface area contributed by atoms with Crippen molar-refractivity contribution in [1.29, 1.82) is 0 Å². The van der Waals surface area contributed by atoms with Crippen LogP contribution in [0.25, 0.3) is 22.6 Å². The molecular weight excluding hydrogens is 565 g/mol. The maximum atomic E-state index is 12.9. The van der Waals surface area contributed by atoms with Crippen LogP contribution in [0.2, 0.25) is 10.0 Å². The van der Waals surface area contributed by atoms with Crippen molar-refractivity contribution in [2.75, 3.05) is 36.5 Å². The zero-order valence-electron chi connectivity index (χ0n) is 20.5. The van der Waals surface area contributed by atoms with Gasteiger partial charge in [-0.3, -0.25) is 20.2 Å². The van der Waals surface area contributed by atoms with Crippen molar-refractivity contribution in [2.45, 2.75) is 6.92 Å². The number of carbonyl (C=O) groups is 1. The second kappa shape index (κ2) is 11.1. The molecule has 0 unspecified atom stereocenters. The van der Waals surface area contributed by atoms with Crippen LogP contribution in [-0.4, -0.2) is 47.2 Å². The molecule has 2 heterocycles. The molecule has 0 radical (unpaired) electrons. The van der Waals surface area contributed by atoms with Gasteiger partial charge in [-0.05, 0) is 61.1 Å². The number of nitro benzene ring substituents is 1. The number of halogens is 2. The highest BCUT2D eigenvalue weighted by atomic mass is 35.5. The van der Waals surface area contributed by atoms with E-state index < -0.39 is 10.8 Å². The normalized spacial score (nSPS) is 13.4. The Labute approximate surface area is 238 Å². The Hall–Kier alpha value is -3.77. The van der Waals surface area contributed by atoms with Crippen LogP contribution in [0.15, 0.2) is 52.9 Å². The Kier molecular flexibility index (Phi) is 7.67. The van der Waals surface area contributed by atoms with Crippen molar-refractivity contribution in [3.8, 4) is 11.5 Å². The number of benzene rings is 3. The van der Waals surface area contributed by atoms with Gasteiger partial charge in [-0.25, -0.2) is 4.98 Å². The molecule has 4 aromatic rings. The van der Waals surface area contributed by atoms with E-state index in [0.29, 0.717) is 70.3 Å². The minimum absolute atomic E-state index is 0.0209. The summed E-state index contributed by atoms with van der Waals surface area (Å²) < 4.78 is 11.2. The summed E-state index contributed by atoms with van der Waals surface area (Å²) in [6.45, 7) is 3.87. The number of ether oxygens (including phenoxy) is 1. The molecule has 0 spiro atoms. The van der Waals surface area contributed by atoms with Crippen LogP contribution < -0.4 is 15.5 Å². The van der Waals surface area contributed by atoms with Crippen molar-refractivity contribution in [3.63, 3.8) is 0 Å². The monoisotopic (exact) mass is 585 g/mol. The third-order valence-corrected chi connectivity index (χ3v) is 6.94. The Balaban J connectivity index is 1.33. The summed E-state index contributed by atoms with van der Waals surface area (Å²) >= 11 is 17.7. The van der Waals surface area contributed by atoms with Gasteiger partial charge in [0.2, 0.25) is 5.89 Å². The lowest BCUT2D eigenvalue weighted by molar-refractivity contribution is -0.384. The van der Waals surface area contributed by atoms with E-state index in [1.165, 1.54) is 12.1 Å². The van der Waals surface area contributed by atoms with E-state index in [1.807, 2.05) is 17.9 Å². The number of hydrogen-bond donors (Lipinski definition) is 2. The molecule has 0 aliphatic carbocycles. The summed E-state index contributed by atoms with van der Waals surface area (Å²) in [5.74, 6) is -0.235. The summed E-state index contributed by atoms with van der Waals surface area (Å²) in [5, 5.41) is 18.1. The molecule has 0 saturated carbocycles. The first-order valence-electron chi connectivity index (χ1n) is 11.8. The number of oxazole rings is 1. The second-order valence-electron chi connectivity index (χ2n) is 8.70. The SMILES string of the molecule is Cc1c(NC(=S)NC(=O)c2ccc(N3CCOCC3)c([N+](=O)[O-])c2)cccc1-c1nc2cc(Cl)cc(Cl)c2o1. The maximum Gasteiger partial charge on any atom is 0.293 e. The standard InChI is InChI=1S/C26H21Cl2N5O5S/c1-14-17(25-29-20-13-16(27)12-18(28)23(20)38-25)3-2-4-19(14)30-26(39)31-24(34)15-5-6-21(22(11-15)33(35)36)32-7-9-37-10-8-32/h2-6,11-13H,7-10H2,1H3,(H2,30,31,34,39). The van der Waals surface area contributed by atoms with Crippen LogP contribution in [0.5, 0.6) is 0 Å². The first kappa shape index (κ1) is 26.8. The van der Waals surface area contributed by atoms with Crippen molar-refractivity contribution in [3.05, 3.63) is 79.8 Å². The third kappa shape index (κ3) is 5.66. The van der Waals surface area contributed by atoms with Gasteiger partial charge >= 0.3 is 0 Å². The van der Waals surface area contributed by atoms with Gasteiger partial charge in [-0.1, -0.05) is 29.3 Å². The quantitative estimate of drug-likeness (QED) is 0.165. The molecule has 39 heavy (non-hydrogen) atoms. The first-order chi connectivity index (χ1) is 18.7. The number of aromatic nitrogens is 1. The lowest BCUT2D eigenvalue weighted by Crippen LogP contribution is -2.37. The smallest absolute Gasteiger partial charge is 0.293 e. The Morgan fingerprint density at radius 3 is 2.67 bits per heavy atom. The molecular formula is C26H21Cl2N5O5S. The molecule has 1 aliphatic rings. The average Bonchev–Trinajstić information content (AvgIpc) is 3.34. The average molecular weight is 586 g/mol. The topological polar surface area (TPSA) is 123 Å². The molecule has 0 atom stereocenters. The zero-order valence-corrected chi connectivity index (χ0v) is 22.8. The van der Waals surface area contributed by atoms with Gasteiger partial charge in [0.1, 0.15) is 11.2 Å². The van der Waals surface area contributed by atoms with Crippen molar-refractivity contribution < 1.29 is 18.9 Å². The van der Waals surface area contributed by atoms with Crippen LogP contribution in [0.3, 0.4) is 0 Å². The highest BCUT2D eigenvalue weighted by Crippen LogP contribution is 2.35. The number of nitrogens with one attached hydrogen (secondary N) is 2. The summed E-state index contributed by atoms with van der Waals surface area (Å²) in [6, 6.07) is 13.0. The van der Waals surface area contributed by atoms with Gasteiger partial charge in [0.25, 0.3) is 11.6 Å². The number of carbonyl (C=O) groups excluding carboxylic acids is 1. The number of thiocarbonyl (C=S) groups is 1. The molecule has 3 aromatic carbocycles. The maximum absolute atomic E-state index is 12.9. The highest BCUT2D eigenvalue weighted by Gasteiger charge is 2.24. The van der Waals surface area contributed by atoms with Crippen LogP contribution in [0.1, 0.15) is 15.9 Å². The Morgan fingerprint density at radius 2 is 1.92 bits per heavy atom. The molecule has 1 aromatic heterocycles. The molecule has 13 heteroatoms. The summed E-state index contributed by atoms with van der Waals surface area (Å²) in [5.41, 5.74) is 3.39. The molecule has 200 valence electrons. The number of rotatable bonds is 5. The summed E-state index contributed by atoms with van der Waals surface area (Å²) in [7, 11) is 0. The number of hydrogen-bond acceptors (Lipinski definition) is 8. The van der Waals surface area contributed by atoms with Gasteiger partial charge < -0.3 is 19.4 Å². The summed E-state index contributed by atoms with van der Waals surface area (Å²) in [6.07, 6.45) is 0. The van der Waals surface area contributed by atoms with E-state index in [1.54, 1.807) is 30.3 Å².